The van der Waals surface area contributed by atoms with Crippen molar-refractivity contribution in [3.05, 3.63) is 23.9 Å². The van der Waals surface area contributed by atoms with Crippen LogP contribution in [0.4, 0.5) is 0 Å². The standard InChI is InChI=1S/C12H16N2O3S2/c1-9-2-3-12(13-6-9)18-7-11(15)14-10-4-5-19(16,17)8-10/h2-3,6,10H,4-5,7-8H2,1H3,(H,14,15)/t10-/m1/s1. The SMILES string of the molecule is Cc1ccc(SCC(=O)N[C@@H]2CCS(=O)(=O)C2)nc1. The molecule has 1 N–H and O–H groups in total. The molecule has 1 aliphatic heterocycles. The summed E-state index contributed by atoms with van der Waals surface area (Å²) in [6.07, 6.45) is 2.27. The number of nitrogens with one attached hydrogen (secondary N) is 1. The Bertz CT molecular complexity index is 555. The fraction of sp³-hybridized carbons (Fsp3) is 0.500. The highest BCUT2D eigenvalue weighted by atomic mass is 32.2. The molecule has 1 aliphatic rings. The first-order valence-corrected chi connectivity index (χ1v) is 8.80. The van der Waals surface area contributed by atoms with Gasteiger partial charge < -0.3 is 5.32 Å². The summed E-state index contributed by atoms with van der Waals surface area (Å²) >= 11 is 1.35. The van der Waals surface area contributed by atoms with Gasteiger partial charge in [-0.1, -0.05) is 17.8 Å². The number of thioether (sulfide) groups is 1. The Morgan fingerprint density at radius 3 is 2.89 bits per heavy atom. The number of hydrogen-bond acceptors (Lipinski definition) is 5. The Hall–Kier alpha value is -1.08. The minimum atomic E-state index is -2.95. The molecule has 1 saturated heterocycles. The van der Waals surface area contributed by atoms with Crippen LogP contribution in [0.25, 0.3) is 0 Å². The summed E-state index contributed by atoms with van der Waals surface area (Å²) in [5, 5.41) is 3.54. The molecule has 104 valence electrons. The summed E-state index contributed by atoms with van der Waals surface area (Å²) in [6, 6.07) is 3.58. The number of rotatable bonds is 4. The number of carbonyl (C=O) groups excluding carboxylic acids is 1. The van der Waals surface area contributed by atoms with Gasteiger partial charge in [0.15, 0.2) is 9.84 Å². The van der Waals surface area contributed by atoms with Crippen LogP contribution < -0.4 is 5.32 Å². The molecular weight excluding hydrogens is 284 g/mol. The lowest BCUT2D eigenvalue weighted by Gasteiger charge is -2.10. The van der Waals surface area contributed by atoms with E-state index in [2.05, 4.69) is 10.3 Å². The van der Waals surface area contributed by atoms with Gasteiger partial charge in [-0.2, -0.15) is 0 Å². The van der Waals surface area contributed by atoms with E-state index in [1.54, 1.807) is 6.20 Å². The fourth-order valence-electron chi connectivity index (χ4n) is 1.86. The lowest BCUT2D eigenvalue weighted by Crippen LogP contribution is -2.36. The van der Waals surface area contributed by atoms with Gasteiger partial charge in [0.25, 0.3) is 0 Å². The quantitative estimate of drug-likeness (QED) is 0.832. The molecule has 1 aromatic heterocycles. The monoisotopic (exact) mass is 300 g/mol. The summed E-state index contributed by atoms with van der Waals surface area (Å²) in [6.45, 7) is 1.95. The molecule has 0 aromatic carbocycles. The number of sulfone groups is 1. The summed E-state index contributed by atoms with van der Waals surface area (Å²) in [7, 11) is -2.95. The third-order valence-corrected chi connectivity index (χ3v) is 5.54. The molecule has 0 radical (unpaired) electrons. The maximum absolute atomic E-state index is 11.7. The smallest absolute Gasteiger partial charge is 0.230 e. The van der Waals surface area contributed by atoms with E-state index < -0.39 is 9.84 Å². The van der Waals surface area contributed by atoms with Crippen molar-refractivity contribution in [1.82, 2.24) is 10.3 Å². The van der Waals surface area contributed by atoms with Gasteiger partial charge in [0.1, 0.15) is 0 Å². The summed E-state index contributed by atoms with van der Waals surface area (Å²) < 4.78 is 22.5. The van der Waals surface area contributed by atoms with Crippen LogP contribution in [0.2, 0.25) is 0 Å². The number of pyridine rings is 1. The van der Waals surface area contributed by atoms with Gasteiger partial charge in [0.2, 0.25) is 5.91 Å². The molecule has 0 saturated carbocycles. The van der Waals surface area contributed by atoms with Crippen LogP contribution in [0.1, 0.15) is 12.0 Å². The second-order valence-corrected chi connectivity index (χ2v) is 7.85. The molecule has 0 unspecified atom stereocenters. The molecule has 19 heavy (non-hydrogen) atoms. The van der Waals surface area contributed by atoms with E-state index in [-0.39, 0.29) is 29.2 Å². The number of nitrogens with zero attached hydrogens (tertiary/aromatic N) is 1. The van der Waals surface area contributed by atoms with Crippen molar-refractivity contribution in [2.75, 3.05) is 17.3 Å². The van der Waals surface area contributed by atoms with Crippen molar-refractivity contribution in [1.29, 1.82) is 0 Å². The molecule has 0 bridgehead atoms. The molecule has 5 nitrogen and oxygen atoms in total. The molecule has 0 spiro atoms. The van der Waals surface area contributed by atoms with Gasteiger partial charge in [-0.05, 0) is 25.0 Å². The van der Waals surface area contributed by atoms with E-state index in [0.717, 1.165) is 10.6 Å². The van der Waals surface area contributed by atoms with Gasteiger partial charge in [-0.15, -0.1) is 0 Å². The molecule has 1 atom stereocenters. The third kappa shape index (κ3) is 4.50. The molecule has 0 aliphatic carbocycles. The molecule has 1 amide bonds. The highest BCUT2D eigenvalue weighted by molar-refractivity contribution is 7.99. The number of amides is 1. The highest BCUT2D eigenvalue weighted by Gasteiger charge is 2.28. The van der Waals surface area contributed by atoms with Crippen LogP contribution in [-0.4, -0.2) is 42.6 Å². The Labute approximate surface area is 117 Å². The zero-order valence-electron chi connectivity index (χ0n) is 10.6. The first-order valence-electron chi connectivity index (χ1n) is 6.00. The van der Waals surface area contributed by atoms with E-state index >= 15 is 0 Å². The Kier molecular flexibility index (Phi) is 4.46. The Balaban J connectivity index is 1.77. The normalized spacial score (nSPS) is 21.2. The predicted octanol–water partition coefficient (Wildman–Crippen LogP) is 0.785. The second-order valence-electron chi connectivity index (χ2n) is 4.63. The van der Waals surface area contributed by atoms with E-state index in [0.29, 0.717) is 6.42 Å². The number of hydrogen-bond donors (Lipinski definition) is 1. The van der Waals surface area contributed by atoms with Crippen LogP contribution in [0, 0.1) is 6.92 Å². The van der Waals surface area contributed by atoms with Gasteiger partial charge in [-0.3, -0.25) is 4.79 Å². The first-order chi connectivity index (χ1) is 8.94. The zero-order valence-corrected chi connectivity index (χ0v) is 12.3. The van der Waals surface area contributed by atoms with Crippen molar-refractivity contribution in [3.8, 4) is 0 Å². The van der Waals surface area contributed by atoms with E-state index in [1.165, 1.54) is 11.8 Å². The average Bonchev–Trinajstić information content (AvgIpc) is 2.68. The first kappa shape index (κ1) is 14.3. The maximum Gasteiger partial charge on any atom is 0.230 e. The van der Waals surface area contributed by atoms with Crippen LogP contribution >= 0.6 is 11.8 Å². The minimum Gasteiger partial charge on any atom is -0.352 e. The van der Waals surface area contributed by atoms with Crippen molar-refractivity contribution in [3.63, 3.8) is 0 Å². The molecule has 2 rings (SSSR count). The van der Waals surface area contributed by atoms with Gasteiger partial charge in [-0.25, -0.2) is 13.4 Å². The van der Waals surface area contributed by atoms with E-state index in [9.17, 15) is 13.2 Å². The average molecular weight is 300 g/mol. The number of aryl methyl sites for hydroxylation is 1. The highest BCUT2D eigenvalue weighted by Crippen LogP contribution is 2.16. The summed E-state index contributed by atoms with van der Waals surface area (Å²) in [5.41, 5.74) is 1.07. The lowest BCUT2D eigenvalue weighted by atomic mass is 10.3. The van der Waals surface area contributed by atoms with Crippen molar-refractivity contribution in [2.24, 2.45) is 0 Å². The van der Waals surface area contributed by atoms with Crippen LogP contribution in [0.5, 0.6) is 0 Å². The molecule has 1 fully saturated rings. The van der Waals surface area contributed by atoms with Gasteiger partial charge in [0, 0.05) is 12.2 Å². The number of carbonyl (C=O) groups is 1. The Morgan fingerprint density at radius 1 is 1.53 bits per heavy atom. The maximum atomic E-state index is 11.7. The molecule has 2 heterocycles. The van der Waals surface area contributed by atoms with Crippen LogP contribution in [0.15, 0.2) is 23.4 Å². The van der Waals surface area contributed by atoms with Crippen molar-refractivity contribution in [2.45, 2.75) is 24.4 Å². The van der Waals surface area contributed by atoms with Crippen LogP contribution in [-0.2, 0) is 14.6 Å². The topological polar surface area (TPSA) is 76.1 Å². The predicted molar refractivity (Wildman–Crippen MR) is 74.9 cm³/mol. The largest absolute Gasteiger partial charge is 0.352 e. The molecular formula is C12H16N2O3S2. The minimum absolute atomic E-state index is 0.0617. The van der Waals surface area contributed by atoms with Gasteiger partial charge in [0.05, 0.1) is 22.3 Å². The van der Waals surface area contributed by atoms with E-state index in [1.807, 2.05) is 19.1 Å². The fourth-order valence-corrected chi connectivity index (χ4v) is 4.18. The number of aromatic nitrogens is 1. The molecule has 1 aromatic rings. The third-order valence-electron chi connectivity index (χ3n) is 2.83. The summed E-state index contributed by atoms with van der Waals surface area (Å²) in [4.78, 5) is 15.9. The zero-order chi connectivity index (χ0) is 13.9. The molecule has 7 heteroatoms. The van der Waals surface area contributed by atoms with Crippen LogP contribution in [0.3, 0.4) is 0 Å². The Morgan fingerprint density at radius 2 is 2.32 bits per heavy atom. The van der Waals surface area contributed by atoms with Gasteiger partial charge >= 0.3 is 0 Å². The van der Waals surface area contributed by atoms with Crippen molar-refractivity contribution >= 4 is 27.5 Å². The summed E-state index contributed by atoms with van der Waals surface area (Å²) in [5.74, 6) is 0.345. The lowest BCUT2D eigenvalue weighted by molar-refractivity contribution is -0.119. The second kappa shape index (κ2) is 5.92. The van der Waals surface area contributed by atoms with Crippen molar-refractivity contribution < 1.29 is 13.2 Å². The van der Waals surface area contributed by atoms with E-state index in [4.69, 9.17) is 0 Å².